The molecule has 7 heteroatoms. The van der Waals surface area contributed by atoms with Gasteiger partial charge in [-0.1, -0.05) is 18.6 Å². The van der Waals surface area contributed by atoms with Crippen LogP contribution in [-0.2, 0) is 12.1 Å². The van der Waals surface area contributed by atoms with E-state index in [4.69, 9.17) is 9.47 Å². The fraction of sp³-hybridized carbons (Fsp3) is 0.565. The molecule has 1 aliphatic carbocycles. The summed E-state index contributed by atoms with van der Waals surface area (Å²) in [7, 11) is 3.08. The lowest BCUT2D eigenvalue weighted by molar-refractivity contribution is -0.149. The maximum atomic E-state index is 11.9. The summed E-state index contributed by atoms with van der Waals surface area (Å²) in [4.78, 5) is 11.0. The van der Waals surface area contributed by atoms with Gasteiger partial charge in [-0.25, -0.2) is 4.98 Å². The quantitative estimate of drug-likeness (QED) is 0.779. The summed E-state index contributed by atoms with van der Waals surface area (Å²) >= 11 is 0. The van der Waals surface area contributed by atoms with Crippen LogP contribution < -0.4 is 9.47 Å². The molecule has 2 bridgehead atoms. The van der Waals surface area contributed by atoms with Crippen LogP contribution in [0.5, 0.6) is 17.6 Å². The number of phenolic OH excluding ortho intramolecular Hbond substituents is 1. The molecule has 2 N–H and O–H groups in total. The van der Waals surface area contributed by atoms with Gasteiger partial charge in [0.2, 0.25) is 5.88 Å². The van der Waals surface area contributed by atoms with E-state index in [-0.39, 0.29) is 17.8 Å². The minimum absolute atomic E-state index is 0.0789. The van der Waals surface area contributed by atoms with E-state index in [1.165, 1.54) is 12.7 Å². The molecule has 1 unspecified atom stereocenters. The fourth-order valence-electron chi connectivity index (χ4n) is 5.39. The number of phenols is 1. The van der Waals surface area contributed by atoms with Gasteiger partial charge in [0.05, 0.1) is 19.8 Å². The Morgan fingerprint density at radius 3 is 2.30 bits per heavy atom. The second-order valence-corrected chi connectivity index (χ2v) is 8.70. The van der Waals surface area contributed by atoms with Gasteiger partial charge in [-0.05, 0) is 43.4 Å². The van der Waals surface area contributed by atoms with Gasteiger partial charge in [0.25, 0.3) is 0 Å². The van der Waals surface area contributed by atoms with Crippen molar-refractivity contribution in [3.63, 3.8) is 0 Å². The molecule has 2 aromatic rings. The van der Waals surface area contributed by atoms with Crippen LogP contribution in [0.2, 0.25) is 0 Å². The molecular formula is C23H31N3O4. The number of ether oxygens (including phenoxy) is 2. The number of hydrogen-bond acceptors (Lipinski definition) is 7. The molecule has 4 rings (SSSR count). The first-order valence-electron chi connectivity index (χ1n) is 10.6. The summed E-state index contributed by atoms with van der Waals surface area (Å²) in [5.74, 6) is 0.917. The molecule has 2 heterocycles. The van der Waals surface area contributed by atoms with Gasteiger partial charge in [-0.15, -0.1) is 0 Å². The zero-order chi connectivity index (χ0) is 21.5. The molecule has 2 fully saturated rings. The molecule has 0 spiro atoms. The SMILES string of the molecule is COc1ncc(C2(O)[C@@H]3CCC[C@H]2CN(Cc2cc(C)c(O)c(C)c2)C3)c(OC)n1. The number of aryl methyl sites for hydroxylation is 2. The van der Waals surface area contributed by atoms with Gasteiger partial charge in [-0.3, -0.25) is 4.90 Å². The molecular weight excluding hydrogens is 382 g/mol. The Labute approximate surface area is 177 Å². The molecule has 1 saturated heterocycles. The highest BCUT2D eigenvalue weighted by molar-refractivity contribution is 5.42. The van der Waals surface area contributed by atoms with Crippen molar-refractivity contribution in [3.8, 4) is 17.6 Å². The zero-order valence-electron chi connectivity index (χ0n) is 18.2. The van der Waals surface area contributed by atoms with Gasteiger partial charge in [0.15, 0.2) is 0 Å². The number of piperidine rings is 1. The third-order valence-corrected chi connectivity index (χ3v) is 6.80. The number of hydrogen-bond donors (Lipinski definition) is 2. The van der Waals surface area contributed by atoms with Gasteiger partial charge in [0.1, 0.15) is 11.4 Å². The van der Waals surface area contributed by atoms with Crippen molar-refractivity contribution in [1.82, 2.24) is 14.9 Å². The standard InChI is InChI=1S/C23H31N3O4/c1-14-8-16(9-15(2)20(14)27)11-26-12-17-6-5-7-18(13-26)23(17,28)19-10-24-22(30-4)25-21(19)29-3/h8-10,17-18,27-28H,5-7,11-13H2,1-4H3/t17-,18+,23?. The number of methoxy groups -OCH3 is 2. The summed E-state index contributed by atoms with van der Waals surface area (Å²) in [5.41, 5.74) is 2.65. The molecule has 0 radical (unpaired) electrons. The molecule has 30 heavy (non-hydrogen) atoms. The Hall–Kier alpha value is -2.38. The van der Waals surface area contributed by atoms with E-state index in [9.17, 15) is 10.2 Å². The lowest BCUT2D eigenvalue weighted by Gasteiger charge is -2.53. The van der Waals surface area contributed by atoms with Crippen LogP contribution in [-0.4, -0.2) is 52.4 Å². The number of likely N-dealkylation sites (tertiary alicyclic amines) is 1. The minimum Gasteiger partial charge on any atom is -0.507 e. The largest absolute Gasteiger partial charge is 0.507 e. The Balaban J connectivity index is 1.61. The molecule has 7 nitrogen and oxygen atoms in total. The number of aliphatic hydroxyl groups is 1. The van der Waals surface area contributed by atoms with Crippen LogP contribution >= 0.6 is 0 Å². The van der Waals surface area contributed by atoms with Gasteiger partial charge in [0, 0.05) is 37.7 Å². The summed E-state index contributed by atoms with van der Waals surface area (Å²) in [5, 5.41) is 22.0. The highest BCUT2D eigenvalue weighted by Gasteiger charge is 2.53. The Morgan fingerprint density at radius 2 is 1.73 bits per heavy atom. The smallest absolute Gasteiger partial charge is 0.319 e. The van der Waals surface area contributed by atoms with Crippen molar-refractivity contribution >= 4 is 0 Å². The normalized spacial score (nSPS) is 26.4. The number of benzene rings is 1. The maximum Gasteiger partial charge on any atom is 0.319 e. The van der Waals surface area contributed by atoms with Crippen molar-refractivity contribution in [2.75, 3.05) is 27.3 Å². The summed E-state index contributed by atoms with van der Waals surface area (Å²) in [6, 6.07) is 4.35. The van der Waals surface area contributed by atoms with Crippen molar-refractivity contribution in [2.24, 2.45) is 11.8 Å². The molecule has 0 amide bonds. The van der Waals surface area contributed by atoms with Gasteiger partial charge in [-0.2, -0.15) is 4.98 Å². The molecule has 2 aliphatic rings. The van der Waals surface area contributed by atoms with E-state index in [1.807, 2.05) is 13.8 Å². The highest BCUT2D eigenvalue weighted by Crippen LogP contribution is 2.51. The monoisotopic (exact) mass is 413 g/mol. The lowest BCUT2D eigenvalue weighted by atomic mass is 9.63. The topological polar surface area (TPSA) is 87.9 Å². The second-order valence-electron chi connectivity index (χ2n) is 8.70. The predicted octanol–water partition coefficient (Wildman–Crippen LogP) is 2.94. The first kappa shape index (κ1) is 20.9. The number of aromatic nitrogens is 2. The van der Waals surface area contributed by atoms with Crippen LogP contribution in [0.1, 0.15) is 41.5 Å². The molecule has 1 aromatic heterocycles. The minimum atomic E-state index is -1.01. The summed E-state index contributed by atoms with van der Waals surface area (Å²) < 4.78 is 10.6. The number of rotatable bonds is 5. The molecule has 1 saturated carbocycles. The predicted molar refractivity (Wildman–Crippen MR) is 113 cm³/mol. The van der Waals surface area contributed by atoms with Crippen LogP contribution in [0.4, 0.5) is 0 Å². The maximum absolute atomic E-state index is 11.9. The van der Waals surface area contributed by atoms with Crippen LogP contribution in [0.15, 0.2) is 18.3 Å². The van der Waals surface area contributed by atoms with Crippen molar-refractivity contribution < 1.29 is 19.7 Å². The lowest BCUT2D eigenvalue weighted by Crippen LogP contribution is -2.58. The first-order chi connectivity index (χ1) is 14.4. The van der Waals surface area contributed by atoms with Crippen molar-refractivity contribution in [1.29, 1.82) is 0 Å². The van der Waals surface area contributed by atoms with E-state index in [0.717, 1.165) is 50.0 Å². The Morgan fingerprint density at radius 1 is 1.10 bits per heavy atom. The highest BCUT2D eigenvalue weighted by atomic mass is 16.5. The number of nitrogens with zero attached hydrogens (tertiary/aromatic N) is 3. The first-order valence-corrected chi connectivity index (χ1v) is 10.6. The molecule has 3 atom stereocenters. The van der Waals surface area contributed by atoms with Crippen LogP contribution in [0.3, 0.4) is 0 Å². The molecule has 1 aliphatic heterocycles. The van der Waals surface area contributed by atoms with E-state index in [2.05, 4.69) is 27.0 Å². The zero-order valence-corrected chi connectivity index (χ0v) is 18.2. The third kappa shape index (κ3) is 3.50. The van der Waals surface area contributed by atoms with E-state index in [0.29, 0.717) is 17.2 Å². The Kier molecular flexibility index (Phi) is 5.59. The Bertz CT molecular complexity index is 896. The molecule has 1 aromatic carbocycles. The number of fused-ring (bicyclic) bond motifs is 2. The van der Waals surface area contributed by atoms with E-state index in [1.54, 1.807) is 13.3 Å². The number of aromatic hydroxyl groups is 1. The molecule has 162 valence electrons. The van der Waals surface area contributed by atoms with Crippen molar-refractivity contribution in [3.05, 3.63) is 40.6 Å². The second kappa shape index (κ2) is 8.04. The van der Waals surface area contributed by atoms with Gasteiger partial charge < -0.3 is 19.7 Å². The third-order valence-electron chi connectivity index (χ3n) is 6.80. The summed E-state index contributed by atoms with van der Waals surface area (Å²) in [6.45, 7) is 6.26. The summed E-state index contributed by atoms with van der Waals surface area (Å²) in [6.07, 6.45) is 4.68. The van der Waals surface area contributed by atoms with Crippen molar-refractivity contribution in [2.45, 2.75) is 45.3 Å². The van der Waals surface area contributed by atoms with Gasteiger partial charge >= 0.3 is 6.01 Å². The van der Waals surface area contributed by atoms with Crippen LogP contribution in [0.25, 0.3) is 0 Å². The van der Waals surface area contributed by atoms with Crippen LogP contribution in [0, 0.1) is 25.7 Å². The van der Waals surface area contributed by atoms with E-state index >= 15 is 0 Å². The average molecular weight is 414 g/mol. The van der Waals surface area contributed by atoms with E-state index < -0.39 is 5.60 Å². The average Bonchev–Trinajstić information content (AvgIpc) is 2.72. The fourth-order valence-corrected chi connectivity index (χ4v) is 5.39.